The van der Waals surface area contributed by atoms with Gasteiger partial charge >= 0.3 is 5.97 Å². The van der Waals surface area contributed by atoms with Crippen LogP contribution in [0.3, 0.4) is 0 Å². The van der Waals surface area contributed by atoms with Crippen LogP contribution in [0.5, 0.6) is 0 Å². The normalized spacial score (nSPS) is 19.4. The first-order valence-electron chi connectivity index (χ1n) is 9.74. The first-order chi connectivity index (χ1) is 13.9. The number of carbonyl (C=O) groups excluding carboxylic acids is 1. The highest BCUT2D eigenvalue weighted by molar-refractivity contribution is 7.17. The molecule has 3 rings (SSSR count). The summed E-state index contributed by atoms with van der Waals surface area (Å²) >= 11 is 1.17. The van der Waals surface area contributed by atoms with Crippen LogP contribution < -0.4 is 10.2 Å². The summed E-state index contributed by atoms with van der Waals surface area (Å²) in [6, 6.07) is -0.163. The number of carboxylic acids is 1. The molecular weight excluding hydrogens is 394 g/mol. The third kappa shape index (κ3) is 4.43. The predicted molar refractivity (Wildman–Crippen MR) is 110 cm³/mol. The highest BCUT2D eigenvalue weighted by atomic mass is 32.1. The molecule has 1 aliphatic rings. The van der Waals surface area contributed by atoms with Crippen molar-refractivity contribution < 1.29 is 19.4 Å². The molecule has 158 valence electrons. The number of aromatic amines is 1. The Bertz CT molecular complexity index is 872. The molecule has 3 heterocycles. The maximum Gasteiger partial charge on any atom is 0.347 e. The molecule has 0 bridgehead atoms. The lowest BCUT2D eigenvalue weighted by molar-refractivity contribution is 0.0538. The molecule has 0 spiro atoms. The number of H-pyrrole nitrogens is 1. The van der Waals surface area contributed by atoms with Crippen LogP contribution >= 0.6 is 11.3 Å². The van der Waals surface area contributed by atoms with Gasteiger partial charge in [0.25, 0.3) is 5.91 Å². The van der Waals surface area contributed by atoms with Gasteiger partial charge in [-0.25, -0.2) is 14.8 Å². The first-order valence-corrected chi connectivity index (χ1v) is 10.6. The van der Waals surface area contributed by atoms with Crippen LogP contribution in [-0.4, -0.2) is 64.3 Å². The van der Waals surface area contributed by atoms with Crippen molar-refractivity contribution in [1.82, 2.24) is 20.3 Å². The van der Waals surface area contributed by atoms with E-state index >= 15 is 0 Å². The second-order valence-electron chi connectivity index (χ2n) is 7.02. The lowest BCUT2D eigenvalue weighted by Gasteiger charge is -2.37. The molecule has 0 radical (unpaired) electrons. The molecule has 1 aliphatic heterocycles. The Kier molecular flexibility index (Phi) is 6.53. The Morgan fingerprint density at radius 2 is 2.10 bits per heavy atom. The predicted octanol–water partition coefficient (Wildman–Crippen LogP) is 2.02. The van der Waals surface area contributed by atoms with Crippen molar-refractivity contribution in [3.05, 3.63) is 27.8 Å². The Morgan fingerprint density at radius 3 is 2.66 bits per heavy atom. The molecular formula is C19H27N5O4S. The lowest BCUT2D eigenvalue weighted by Crippen LogP contribution is -2.55. The summed E-state index contributed by atoms with van der Waals surface area (Å²) in [5.41, 5.74) is 2.42. The summed E-state index contributed by atoms with van der Waals surface area (Å²) in [6.45, 7) is 6.91. The molecule has 0 saturated carbocycles. The van der Waals surface area contributed by atoms with E-state index in [4.69, 9.17) is 4.74 Å². The van der Waals surface area contributed by atoms with Gasteiger partial charge in [0.2, 0.25) is 0 Å². The van der Waals surface area contributed by atoms with Gasteiger partial charge in [0, 0.05) is 25.9 Å². The van der Waals surface area contributed by atoms with Crippen LogP contribution in [0.1, 0.15) is 57.6 Å². The maximum absolute atomic E-state index is 12.7. The molecule has 1 amide bonds. The standard InChI is InChI=1S/C19H27N5O4S/c1-5-11-12(6-2)22-16(21-11)17(25)23-13-7-8-24(9-14(13)28-4)19-20-10(3)15(29-19)18(26)27/h13-14H,5-9H2,1-4H3,(H,21,22)(H,23,25)(H,26,27)/t13-,14+/m1/s1. The van der Waals surface area contributed by atoms with Crippen LogP contribution in [0.4, 0.5) is 5.13 Å². The van der Waals surface area contributed by atoms with Crippen molar-refractivity contribution in [3.8, 4) is 0 Å². The average Bonchev–Trinajstić information content (AvgIpc) is 3.31. The van der Waals surface area contributed by atoms with Crippen LogP contribution in [0.2, 0.25) is 0 Å². The van der Waals surface area contributed by atoms with Gasteiger partial charge < -0.3 is 25.0 Å². The molecule has 2 atom stereocenters. The summed E-state index contributed by atoms with van der Waals surface area (Å²) in [6.07, 6.45) is 2.00. The number of carbonyl (C=O) groups is 2. The van der Waals surface area contributed by atoms with Gasteiger partial charge in [-0.15, -0.1) is 0 Å². The second kappa shape index (κ2) is 8.91. The minimum atomic E-state index is -0.965. The van der Waals surface area contributed by atoms with E-state index in [1.165, 1.54) is 11.3 Å². The number of carboxylic acid groups (broad SMARTS) is 1. The number of thiazole rings is 1. The minimum absolute atomic E-state index is 0.163. The molecule has 0 aliphatic carbocycles. The molecule has 2 aromatic heterocycles. The quantitative estimate of drug-likeness (QED) is 0.625. The number of hydrogen-bond acceptors (Lipinski definition) is 7. The van der Waals surface area contributed by atoms with E-state index < -0.39 is 5.97 Å². The van der Waals surface area contributed by atoms with E-state index in [0.29, 0.717) is 36.2 Å². The molecule has 3 N–H and O–H groups in total. The summed E-state index contributed by atoms with van der Waals surface area (Å²) in [4.78, 5) is 38.2. The number of methoxy groups -OCH3 is 1. The van der Waals surface area contributed by atoms with Crippen molar-refractivity contribution in [2.24, 2.45) is 0 Å². The van der Waals surface area contributed by atoms with E-state index in [2.05, 4.69) is 20.3 Å². The number of anilines is 1. The summed E-state index contributed by atoms with van der Waals surface area (Å²) in [5, 5.41) is 13.0. The van der Waals surface area contributed by atoms with E-state index in [0.717, 1.165) is 24.2 Å². The van der Waals surface area contributed by atoms with Gasteiger partial charge in [-0.1, -0.05) is 25.2 Å². The molecule has 0 aromatic carbocycles. The summed E-state index contributed by atoms with van der Waals surface area (Å²) in [7, 11) is 1.61. The third-order valence-electron chi connectivity index (χ3n) is 5.20. The molecule has 9 nitrogen and oxygen atoms in total. The highest BCUT2D eigenvalue weighted by Crippen LogP contribution is 2.29. The number of rotatable bonds is 7. The molecule has 29 heavy (non-hydrogen) atoms. The van der Waals surface area contributed by atoms with Gasteiger partial charge in [-0.05, 0) is 26.2 Å². The molecule has 0 unspecified atom stereocenters. The third-order valence-corrected chi connectivity index (χ3v) is 6.40. The largest absolute Gasteiger partial charge is 0.477 e. The van der Waals surface area contributed by atoms with Crippen molar-refractivity contribution >= 4 is 28.3 Å². The van der Waals surface area contributed by atoms with Crippen molar-refractivity contribution in [2.45, 2.75) is 52.2 Å². The highest BCUT2D eigenvalue weighted by Gasteiger charge is 2.33. The van der Waals surface area contributed by atoms with Gasteiger partial charge in [0.15, 0.2) is 11.0 Å². The topological polar surface area (TPSA) is 120 Å². The SMILES string of the molecule is CCc1nc(C(=O)N[C@@H]2CCN(c3nc(C)c(C(=O)O)s3)C[C@@H]2OC)[nH]c1CC. The minimum Gasteiger partial charge on any atom is -0.477 e. The zero-order valence-corrected chi connectivity index (χ0v) is 17.9. The summed E-state index contributed by atoms with van der Waals surface area (Å²) < 4.78 is 5.62. The summed E-state index contributed by atoms with van der Waals surface area (Å²) in [5.74, 6) is -0.871. The van der Waals surface area contributed by atoms with Crippen LogP contribution in [0.25, 0.3) is 0 Å². The smallest absolute Gasteiger partial charge is 0.347 e. The number of ether oxygens (including phenoxy) is 1. The Labute approximate surface area is 173 Å². The van der Waals surface area contributed by atoms with Crippen molar-refractivity contribution in [1.29, 1.82) is 0 Å². The number of aromatic nitrogens is 3. The number of piperidine rings is 1. The Morgan fingerprint density at radius 1 is 1.34 bits per heavy atom. The monoisotopic (exact) mass is 421 g/mol. The Hall–Kier alpha value is -2.46. The number of imidazole rings is 1. The van der Waals surface area contributed by atoms with Crippen LogP contribution in [0.15, 0.2) is 0 Å². The fourth-order valence-corrected chi connectivity index (χ4v) is 4.53. The van der Waals surface area contributed by atoms with Gasteiger partial charge in [0.1, 0.15) is 4.88 Å². The number of hydrogen-bond donors (Lipinski definition) is 3. The number of aromatic carboxylic acids is 1. The maximum atomic E-state index is 12.7. The van der Waals surface area contributed by atoms with Crippen molar-refractivity contribution in [2.75, 3.05) is 25.1 Å². The zero-order chi connectivity index (χ0) is 21.1. The fourth-order valence-electron chi connectivity index (χ4n) is 3.58. The van der Waals surface area contributed by atoms with Gasteiger partial charge in [-0.2, -0.15) is 0 Å². The van der Waals surface area contributed by atoms with Crippen molar-refractivity contribution in [3.63, 3.8) is 0 Å². The lowest BCUT2D eigenvalue weighted by atomic mass is 10.0. The Balaban J connectivity index is 1.68. The number of amides is 1. The van der Waals surface area contributed by atoms with E-state index in [-0.39, 0.29) is 22.9 Å². The van der Waals surface area contributed by atoms with E-state index in [1.54, 1.807) is 14.0 Å². The first kappa shape index (κ1) is 21.3. The molecule has 1 fully saturated rings. The van der Waals surface area contributed by atoms with Crippen LogP contribution in [0, 0.1) is 6.92 Å². The van der Waals surface area contributed by atoms with Crippen LogP contribution in [-0.2, 0) is 17.6 Å². The number of nitrogens with one attached hydrogen (secondary N) is 2. The zero-order valence-electron chi connectivity index (χ0n) is 17.1. The number of nitrogens with zero attached hydrogens (tertiary/aromatic N) is 3. The van der Waals surface area contributed by atoms with Gasteiger partial charge in [0.05, 0.1) is 23.5 Å². The molecule has 2 aromatic rings. The number of aryl methyl sites for hydroxylation is 3. The molecule has 10 heteroatoms. The molecule has 1 saturated heterocycles. The van der Waals surface area contributed by atoms with Gasteiger partial charge in [-0.3, -0.25) is 4.79 Å². The fraction of sp³-hybridized carbons (Fsp3) is 0.579. The van der Waals surface area contributed by atoms with E-state index in [1.807, 2.05) is 18.7 Å². The van der Waals surface area contributed by atoms with E-state index in [9.17, 15) is 14.7 Å². The second-order valence-corrected chi connectivity index (χ2v) is 8.00. The average molecular weight is 422 g/mol.